The molecule has 0 aromatic carbocycles. The van der Waals surface area contributed by atoms with Crippen LogP contribution < -0.4 is 16.4 Å². The van der Waals surface area contributed by atoms with Crippen molar-refractivity contribution in [3.8, 4) is 0 Å². The molecule has 5 nitrogen and oxygen atoms in total. The van der Waals surface area contributed by atoms with Crippen molar-refractivity contribution in [2.24, 2.45) is 0 Å². The van der Waals surface area contributed by atoms with Crippen LogP contribution >= 0.6 is 11.6 Å². The van der Waals surface area contributed by atoms with Crippen LogP contribution in [0.15, 0.2) is 12.1 Å². The molecule has 0 bridgehead atoms. The number of carbonyl (C=O) groups excluding carboxylic acids is 1. The minimum atomic E-state index is -0.218. The summed E-state index contributed by atoms with van der Waals surface area (Å²) in [6.07, 6.45) is 0.352. The number of amides is 1. The van der Waals surface area contributed by atoms with Gasteiger partial charge in [-0.2, -0.15) is 0 Å². The predicted octanol–water partition coefficient (Wildman–Crippen LogP) is 2.03. The molecule has 0 saturated carbocycles. The lowest BCUT2D eigenvalue weighted by Gasteiger charge is -2.20. The lowest BCUT2D eigenvalue weighted by Crippen LogP contribution is -2.41. The first-order valence-electron chi connectivity index (χ1n) is 5.75. The van der Waals surface area contributed by atoms with Gasteiger partial charge in [0.05, 0.1) is 5.69 Å². The quantitative estimate of drug-likeness (QED) is 0.732. The summed E-state index contributed by atoms with van der Waals surface area (Å²) < 4.78 is 0. The van der Waals surface area contributed by atoms with Crippen molar-refractivity contribution in [3.05, 3.63) is 17.3 Å². The van der Waals surface area contributed by atoms with Gasteiger partial charge in [0.15, 0.2) is 5.82 Å². The van der Waals surface area contributed by atoms with Crippen molar-refractivity contribution in [2.75, 3.05) is 17.6 Å². The van der Waals surface area contributed by atoms with Crippen molar-refractivity contribution < 1.29 is 4.79 Å². The average Bonchev–Trinajstić information content (AvgIpc) is 2.20. The summed E-state index contributed by atoms with van der Waals surface area (Å²) in [5.41, 5.74) is 6.02. The number of nitrogen functional groups attached to an aromatic ring is 1. The Balaban J connectivity index is 2.42. The smallest absolute Gasteiger partial charge is 0.222 e. The molecule has 0 fully saturated rings. The molecule has 0 aliphatic heterocycles. The molecule has 18 heavy (non-hydrogen) atoms. The third-order valence-electron chi connectivity index (χ3n) is 2.05. The van der Waals surface area contributed by atoms with Crippen LogP contribution in [0.25, 0.3) is 0 Å². The number of pyridine rings is 1. The summed E-state index contributed by atoms with van der Waals surface area (Å²) in [5, 5.41) is 6.23. The Morgan fingerprint density at radius 1 is 1.44 bits per heavy atom. The highest BCUT2D eigenvalue weighted by molar-refractivity contribution is 6.29. The number of nitrogens with one attached hydrogen (secondary N) is 2. The van der Waals surface area contributed by atoms with Gasteiger partial charge in [0.2, 0.25) is 5.91 Å². The van der Waals surface area contributed by atoms with Crippen LogP contribution in [0.2, 0.25) is 5.15 Å². The summed E-state index contributed by atoms with van der Waals surface area (Å²) in [6.45, 7) is 6.28. The second kappa shape index (κ2) is 5.91. The van der Waals surface area contributed by atoms with Crippen LogP contribution in [0.3, 0.4) is 0 Å². The number of rotatable bonds is 4. The molecule has 1 aromatic heterocycles. The Bertz CT molecular complexity index is 429. The molecule has 0 unspecified atom stereocenters. The number of carbonyl (C=O) groups is 1. The van der Waals surface area contributed by atoms with E-state index < -0.39 is 0 Å². The molecule has 0 radical (unpaired) electrons. The largest absolute Gasteiger partial charge is 0.396 e. The fraction of sp³-hybridized carbons (Fsp3) is 0.500. The van der Waals surface area contributed by atoms with Crippen LogP contribution in [0.1, 0.15) is 27.2 Å². The molecule has 0 saturated heterocycles. The van der Waals surface area contributed by atoms with E-state index in [0.717, 1.165) is 0 Å². The highest BCUT2D eigenvalue weighted by Crippen LogP contribution is 2.17. The van der Waals surface area contributed by atoms with Gasteiger partial charge in [-0.1, -0.05) is 11.6 Å². The van der Waals surface area contributed by atoms with Crippen LogP contribution in [0.5, 0.6) is 0 Å². The minimum absolute atomic E-state index is 0.0180. The Labute approximate surface area is 112 Å². The van der Waals surface area contributed by atoms with E-state index in [2.05, 4.69) is 15.6 Å². The van der Waals surface area contributed by atoms with Crippen LogP contribution in [0.4, 0.5) is 11.5 Å². The first-order chi connectivity index (χ1) is 8.28. The van der Waals surface area contributed by atoms with Crippen molar-refractivity contribution >= 4 is 29.0 Å². The molecule has 0 spiro atoms. The van der Waals surface area contributed by atoms with E-state index in [4.69, 9.17) is 17.3 Å². The fourth-order valence-corrected chi connectivity index (χ4v) is 1.51. The molecule has 1 aromatic rings. The number of nitrogens with two attached hydrogens (primary N) is 1. The second-order valence-electron chi connectivity index (χ2n) is 5.05. The predicted molar refractivity (Wildman–Crippen MR) is 74.7 cm³/mol. The number of anilines is 2. The molecule has 0 aliphatic rings. The zero-order valence-electron chi connectivity index (χ0n) is 10.9. The maximum atomic E-state index is 11.6. The lowest BCUT2D eigenvalue weighted by molar-refractivity contribution is -0.122. The topological polar surface area (TPSA) is 80.0 Å². The molecule has 1 amide bonds. The number of halogens is 1. The van der Waals surface area contributed by atoms with Gasteiger partial charge in [0.1, 0.15) is 5.15 Å². The molecule has 6 heteroatoms. The third-order valence-corrected chi connectivity index (χ3v) is 2.26. The lowest BCUT2D eigenvalue weighted by atomic mass is 10.1. The van der Waals surface area contributed by atoms with E-state index in [1.54, 1.807) is 12.1 Å². The molecule has 100 valence electrons. The van der Waals surface area contributed by atoms with Gasteiger partial charge in [-0.25, -0.2) is 4.98 Å². The molecule has 0 atom stereocenters. The van der Waals surface area contributed by atoms with Crippen LogP contribution in [0, 0.1) is 0 Å². The third kappa shape index (κ3) is 5.23. The molecule has 0 aliphatic carbocycles. The van der Waals surface area contributed by atoms with Crippen LogP contribution in [-0.2, 0) is 4.79 Å². The first-order valence-corrected chi connectivity index (χ1v) is 6.12. The molecule has 1 heterocycles. The number of hydrogen-bond donors (Lipinski definition) is 3. The summed E-state index contributed by atoms with van der Waals surface area (Å²) in [7, 11) is 0. The van der Waals surface area contributed by atoms with Gasteiger partial charge >= 0.3 is 0 Å². The van der Waals surface area contributed by atoms with E-state index in [1.807, 2.05) is 20.8 Å². The maximum Gasteiger partial charge on any atom is 0.222 e. The van der Waals surface area contributed by atoms with Gasteiger partial charge in [-0.15, -0.1) is 0 Å². The van der Waals surface area contributed by atoms with Crippen LogP contribution in [-0.4, -0.2) is 23.0 Å². The summed E-state index contributed by atoms with van der Waals surface area (Å²) >= 11 is 5.76. The highest BCUT2D eigenvalue weighted by atomic mass is 35.5. The summed E-state index contributed by atoms with van der Waals surface area (Å²) in [4.78, 5) is 15.6. The van der Waals surface area contributed by atoms with Crippen molar-refractivity contribution in [1.29, 1.82) is 0 Å². The van der Waals surface area contributed by atoms with Crippen molar-refractivity contribution in [1.82, 2.24) is 10.3 Å². The summed E-state index contributed by atoms with van der Waals surface area (Å²) in [6, 6.07) is 3.29. The molecular formula is C12H19ClN4O. The monoisotopic (exact) mass is 270 g/mol. The maximum absolute atomic E-state index is 11.6. The van der Waals surface area contributed by atoms with Gasteiger partial charge in [0, 0.05) is 18.5 Å². The van der Waals surface area contributed by atoms with Crippen molar-refractivity contribution in [2.45, 2.75) is 32.7 Å². The first kappa shape index (κ1) is 14.6. The van der Waals surface area contributed by atoms with Gasteiger partial charge < -0.3 is 16.4 Å². The van der Waals surface area contributed by atoms with E-state index in [9.17, 15) is 4.79 Å². The highest BCUT2D eigenvalue weighted by Gasteiger charge is 2.13. The molecule has 1 rings (SSSR count). The fourth-order valence-electron chi connectivity index (χ4n) is 1.36. The van der Waals surface area contributed by atoms with Crippen molar-refractivity contribution in [3.63, 3.8) is 0 Å². The Hall–Kier alpha value is -1.49. The van der Waals surface area contributed by atoms with E-state index in [1.165, 1.54) is 0 Å². The minimum Gasteiger partial charge on any atom is -0.396 e. The van der Waals surface area contributed by atoms with Gasteiger partial charge in [-0.3, -0.25) is 4.79 Å². The van der Waals surface area contributed by atoms with E-state index in [-0.39, 0.29) is 11.4 Å². The Kier molecular flexibility index (Phi) is 4.78. The molecule has 4 N–H and O–H groups in total. The number of aromatic nitrogens is 1. The zero-order chi connectivity index (χ0) is 13.8. The zero-order valence-corrected chi connectivity index (χ0v) is 11.6. The van der Waals surface area contributed by atoms with Gasteiger partial charge in [-0.05, 0) is 32.9 Å². The van der Waals surface area contributed by atoms with E-state index >= 15 is 0 Å². The Morgan fingerprint density at radius 2 is 2.11 bits per heavy atom. The summed E-state index contributed by atoms with van der Waals surface area (Å²) in [5.74, 6) is 0.488. The second-order valence-corrected chi connectivity index (χ2v) is 5.43. The Morgan fingerprint density at radius 3 is 2.72 bits per heavy atom. The standard InChI is InChI=1S/C12H19ClN4O/c1-12(2,3)17-10(18)6-7-15-11-8(14)4-5-9(13)16-11/h4-5H,6-7,14H2,1-3H3,(H,15,16)(H,17,18). The number of nitrogens with zero attached hydrogens (tertiary/aromatic N) is 1. The number of hydrogen-bond acceptors (Lipinski definition) is 4. The normalized spacial score (nSPS) is 11.1. The van der Waals surface area contributed by atoms with E-state index in [0.29, 0.717) is 29.6 Å². The SMILES string of the molecule is CC(C)(C)NC(=O)CCNc1nc(Cl)ccc1N. The molecular weight excluding hydrogens is 252 g/mol. The average molecular weight is 271 g/mol. The van der Waals surface area contributed by atoms with Gasteiger partial charge in [0.25, 0.3) is 0 Å².